The molecule has 0 radical (unpaired) electrons. The molecule has 0 aliphatic carbocycles. The minimum atomic E-state index is 1.10. The van der Waals surface area contributed by atoms with Gasteiger partial charge in [0.2, 0.25) is 0 Å². The van der Waals surface area contributed by atoms with Gasteiger partial charge in [-0.25, -0.2) is 0 Å². The van der Waals surface area contributed by atoms with E-state index < -0.39 is 0 Å². The summed E-state index contributed by atoms with van der Waals surface area (Å²) in [7, 11) is 0. The van der Waals surface area contributed by atoms with E-state index in [0.29, 0.717) is 0 Å². The number of fused-ring (bicyclic) bond motifs is 4. The van der Waals surface area contributed by atoms with Gasteiger partial charge in [0, 0.05) is 31.5 Å². The summed E-state index contributed by atoms with van der Waals surface area (Å²) in [5.41, 5.74) is 17.8. The van der Waals surface area contributed by atoms with Crippen LogP contribution in [0.2, 0.25) is 0 Å². The molecule has 0 aliphatic rings. The molecule has 0 saturated carbocycles. The molecule has 2 heteroatoms. The van der Waals surface area contributed by atoms with E-state index in [-0.39, 0.29) is 0 Å². The first-order valence-electron chi connectivity index (χ1n) is 22.6. The normalized spacial score (nSPS) is 11.3. The molecule has 0 N–H and O–H groups in total. The van der Waals surface area contributed by atoms with Crippen LogP contribution in [0.25, 0.3) is 97.7 Å². The molecule has 0 amide bonds. The first kappa shape index (κ1) is 39.3. The van der Waals surface area contributed by atoms with Gasteiger partial charge in [-0.2, -0.15) is 0 Å². The second kappa shape index (κ2) is 17.0. The van der Waals surface area contributed by atoms with Crippen molar-refractivity contribution in [2.45, 2.75) is 0 Å². The van der Waals surface area contributed by atoms with Crippen molar-refractivity contribution in [3.63, 3.8) is 0 Å². The maximum atomic E-state index is 2.43. The van der Waals surface area contributed by atoms with Gasteiger partial charge >= 0.3 is 0 Å². The van der Waals surface area contributed by atoms with Crippen LogP contribution in [-0.4, -0.2) is 0 Å². The summed E-state index contributed by atoms with van der Waals surface area (Å²) in [6, 6.07) is 95.1. The van der Waals surface area contributed by atoms with Crippen molar-refractivity contribution in [3.8, 4) is 66.8 Å². The van der Waals surface area contributed by atoms with E-state index >= 15 is 0 Å². The first-order chi connectivity index (χ1) is 32.7. The predicted molar refractivity (Wildman–Crippen MR) is 284 cm³/mol. The maximum absolute atomic E-state index is 2.43. The van der Waals surface area contributed by atoms with E-state index in [1.54, 1.807) is 0 Å². The molecular formula is C64H43NS. The van der Waals surface area contributed by atoms with Crippen LogP contribution in [-0.2, 0) is 0 Å². The Labute approximate surface area is 389 Å². The maximum Gasteiger partial charge on any atom is 0.0554 e. The van der Waals surface area contributed by atoms with Gasteiger partial charge in [-0.05, 0) is 150 Å². The predicted octanol–water partition coefficient (Wildman–Crippen LogP) is 18.7. The highest BCUT2D eigenvalue weighted by molar-refractivity contribution is 7.26. The van der Waals surface area contributed by atoms with Gasteiger partial charge < -0.3 is 4.90 Å². The number of hydrogen-bond donors (Lipinski definition) is 0. The highest BCUT2D eigenvalue weighted by atomic mass is 32.1. The summed E-state index contributed by atoms with van der Waals surface area (Å²) in [6.45, 7) is 0. The third-order valence-corrected chi connectivity index (χ3v) is 14.0. The SMILES string of the molecule is c1ccc(-c2cc(-c3ccccc3)cc(-c3ccc(N(c4ccc(-c5ccc(-c6cccc(-c7ccc8ccccc8c7)c6)cc5)cc4)c4cccc5sc6ccccc6c45)cc3)c2)cc1. The molecule has 12 aromatic rings. The fraction of sp³-hybridized carbons (Fsp3) is 0. The van der Waals surface area contributed by atoms with Crippen LogP contribution in [0.3, 0.4) is 0 Å². The van der Waals surface area contributed by atoms with E-state index in [4.69, 9.17) is 0 Å². The lowest BCUT2D eigenvalue weighted by molar-refractivity contribution is 1.30. The molecule has 66 heavy (non-hydrogen) atoms. The first-order valence-corrected chi connectivity index (χ1v) is 23.4. The number of hydrogen-bond acceptors (Lipinski definition) is 2. The zero-order chi connectivity index (χ0) is 43.8. The Hall–Kier alpha value is -8.30. The lowest BCUT2D eigenvalue weighted by atomic mass is 9.93. The highest BCUT2D eigenvalue weighted by Crippen LogP contribution is 2.46. The quantitative estimate of drug-likeness (QED) is 0.140. The molecule has 0 aliphatic heterocycles. The highest BCUT2D eigenvalue weighted by Gasteiger charge is 2.19. The van der Waals surface area contributed by atoms with Gasteiger partial charge in [0.1, 0.15) is 0 Å². The van der Waals surface area contributed by atoms with E-state index in [1.165, 1.54) is 97.7 Å². The molecule has 1 aromatic heterocycles. The van der Waals surface area contributed by atoms with Crippen LogP contribution in [0, 0.1) is 0 Å². The number of benzene rings is 11. The minimum absolute atomic E-state index is 1.10. The van der Waals surface area contributed by atoms with Crippen molar-refractivity contribution in [2.75, 3.05) is 4.90 Å². The smallest absolute Gasteiger partial charge is 0.0554 e. The van der Waals surface area contributed by atoms with Crippen molar-refractivity contribution in [3.05, 3.63) is 261 Å². The molecule has 0 fully saturated rings. The molecule has 0 saturated heterocycles. The number of nitrogens with zero attached hydrogens (tertiary/aromatic N) is 1. The second-order valence-corrected chi connectivity index (χ2v) is 18.0. The van der Waals surface area contributed by atoms with Crippen LogP contribution in [0.15, 0.2) is 261 Å². The van der Waals surface area contributed by atoms with Crippen LogP contribution in [0.4, 0.5) is 17.1 Å². The van der Waals surface area contributed by atoms with Gasteiger partial charge in [0.05, 0.1) is 5.69 Å². The average molecular weight is 858 g/mol. The van der Waals surface area contributed by atoms with E-state index in [2.05, 4.69) is 266 Å². The minimum Gasteiger partial charge on any atom is -0.310 e. The molecule has 1 heterocycles. The molecule has 1 nitrogen and oxygen atoms in total. The third-order valence-electron chi connectivity index (χ3n) is 12.8. The van der Waals surface area contributed by atoms with E-state index in [9.17, 15) is 0 Å². The Morgan fingerprint density at radius 1 is 0.242 bits per heavy atom. The van der Waals surface area contributed by atoms with Crippen molar-refractivity contribution < 1.29 is 0 Å². The monoisotopic (exact) mass is 857 g/mol. The fourth-order valence-electron chi connectivity index (χ4n) is 9.47. The molecule has 0 atom stereocenters. The summed E-state index contributed by atoms with van der Waals surface area (Å²) < 4.78 is 2.57. The third kappa shape index (κ3) is 7.54. The van der Waals surface area contributed by atoms with Gasteiger partial charge in [-0.15, -0.1) is 11.3 Å². The summed E-state index contributed by atoms with van der Waals surface area (Å²) >= 11 is 1.85. The number of thiophene rings is 1. The standard InChI is InChI=1S/C64H43NS/c1-3-13-44(14-4-1)55-41-56(45-15-5-2-6-16-45)43-57(42-55)50-33-37-59(38-34-50)65(61-22-12-24-63-64(61)60-21-9-10-23-62(60)66-63)58-35-31-48(32-36-58)47-25-27-49(28-26-47)52-19-11-20-53(39-52)54-30-29-46-17-7-8-18-51(46)40-54/h1-43H. The van der Waals surface area contributed by atoms with Crippen LogP contribution >= 0.6 is 11.3 Å². The number of rotatable bonds is 9. The molecule has 310 valence electrons. The van der Waals surface area contributed by atoms with E-state index in [1.807, 2.05) is 11.3 Å². The lowest BCUT2D eigenvalue weighted by Crippen LogP contribution is -2.10. The summed E-state index contributed by atoms with van der Waals surface area (Å²) in [5.74, 6) is 0. The summed E-state index contributed by atoms with van der Waals surface area (Å²) in [5, 5.41) is 5.07. The van der Waals surface area contributed by atoms with Gasteiger partial charge in [0.15, 0.2) is 0 Å². The van der Waals surface area contributed by atoms with Crippen molar-refractivity contribution in [1.29, 1.82) is 0 Å². The van der Waals surface area contributed by atoms with Gasteiger partial charge in [-0.1, -0.05) is 188 Å². The fourth-order valence-corrected chi connectivity index (χ4v) is 10.6. The Balaban J connectivity index is 0.896. The topological polar surface area (TPSA) is 3.24 Å². The molecular weight excluding hydrogens is 815 g/mol. The van der Waals surface area contributed by atoms with Crippen LogP contribution in [0.1, 0.15) is 0 Å². The van der Waals surface area contributed by atoms with Crippen molar-refractivity contribution in [2.24, 2.45) is 0 Å². The Morgan fingerprint density at radius 2 is 0.636 bits per heavy atom. The van der Waals surface area contributed by atoms with E-state index in [0.717, 1.165) is 17.1 Å². The van der Waals surface area contributed by atoms with Crippen LogP contribution < -0.4 is 4.90 Å². The van der Waals surface area contributed by atoms with Crippen LogP contribution in [0.5, 0.6) is 0 Å². The largest absolute Gasteiger partial charge is 0.310 e. The molecule has 12 rings (SSSR count). The zero-order valence-corrected chi connectivity index (χ0v) is 37.0. The number of anilines is 3. The second-order valence-electron chi connectivity index (χ2n) is 16.9. The lowest BCUT2D eigenvalue weighted by Gasteiger charge is -2.27. The summed E-state index contributed by atoms with van der Waals surface area (Å²) in [4.78, 5) is 2.43. The molecule has 0 spiro atoms. The average Bonchev–Trinajstić information content (AvgIpc) is 3.79. The molecule has 11 aromatic carbocycles. The Kier molecular flexibility index (Phi) is 10.1. The van der Waals surface area contributed by atoms with Crippen molar-refractivity contribution >= 4 is 59.3 Å². The van der Waals surface area contributed by atoms with Gasteiger partial charge in [0.25, 0.3) is 0 Å². The Morgan fingerprint density at radius 3 is 1.26 bits per heavy atom. The zero-order valence-electron chi connectivity index (χ0n) is 36.2. The van der Waals surface area contributed by atoms with Gasteiger partial charge in [-0.3, -0.25) is 0 Å². The summed E-state index contributed by atoms with van der Waals surface area (Å²) in [6.07, 6.45) is 0. The molecule has 0 unspecified atom stereocenters. The molecule has 0 bridgehead atoms. The Bertz CT molecular complexity index is 3610. The van der Waals surface area contributed by atoms with Crippen molar-refractivity contribution in [1.82, 2.24) is 0 Å².